The van der Waals surface area contributed by atoms with E-state index in [9.17, 15) is 0 Å². The molecule has 2 rings (SSSR count). The molecule has 4 nitrogen and oxygen atoms in total. The van der Waals surface area contributed by atoms with Gasteiger partial charge in [-0.05, 0) is 25.3 Å². The van der Waals surface area contributed by atoms with Crippen molar-refractivity contribution < 1.29 is 0 Å². The van der Waals surface area contributed by atoms with Crippen molar-refractivity contribution in [1.82, 2.24) is 9.55 Å². The van der Waals surface area contributed by atoms with Gasteiger partial charge < -0.3 is 10.3 Å². The molecular weight excluding hydrogens is 284 g/mol. The van der Waals surface area contributed by atoms with E-state index < -0.39 is 0 Å². The van der Waals surface area contributed by atoms with E-state index in [2.05, 4.69) is 51.7 Å². The second-order valence-corrected chi connectivity index (χ2v) is 6.70. The quantitative estimate of drug-likeness (QED) is 0.807. The Balaban J connectivity index is 2.38. The molecule has 0 fully saturated rings. The third kappa shape index (κ3) is 4.01. The zero-order valence-electron chi connectivity index (χ0n) is 14.8. The van der Waals surface area contributed by atoms with Crippen molar-refractivity contribution in [1.29, 1.82) is 0 Å². The third-order valence-electron chi connectivity index (χ3n) is 4.34. The number of aliphatic imine (C=N–C) groups is 1. The lowest BCUT2D eigenvalue weighted by Crippen LogP contribution is -2.21. The Morgan fingerprint density at radius 2 is 1.78 bits per heavy atom. The van der Waals surface area contributed by atoms with Crippen molar-refractivity contribution in [2.75, 3.05) is 5.73 Å². The zero-order chi connectivity index (χ0) is 17.0. The predicted molar refractivity (Wildman–Crippen MR) is 97.7 cm³/mol. The van der Waals surface area contributed by atoms with Crippen LogP contribution in [0.25, 0.3) is 0 Å². The standard InChI is InChI=1S/C19H28N4/c1-13(2)15(5)17(21-11-16-9-7-6-8-10-16)18-19(20)23(12-22-18)14(3)4/h6-10,12-15H,11,20H2,1-5H3. The number of rotatable bonds is 6. The second kappa shape index (κ2) is 7.44. The van der Waals surface area contributed by atoms with Crippen LogP contribution in [0.15, 0.2) is 41.7 Å². The van der Waals surface area contributed by atoms with Crippen molar-refractivity contribution in [2.45, 2.75) is 47.2 Å². The minimum absolute atomic E-state index is 0.293. The first-order valence-corrected chi connectivity index (χ1v) is 8.32. The van der Waals surface area contributed by atoms with Gasteiger partial charge in [-0.2, -0.15) is 0 Å². The molecule has 4 heteroatoms. The lowest BCUT2D eigenvalue weighted by molar-refractivity contribution is 0.530. The van der Waals surface area contributed by atoms with E-state index in [-0.39, 0.29) is 0 Å². The molecule has 0 aliphatic carbocycles. The van der Waals surface area contributed by atoms with Crippen LogP contribution in [0.4, 0.5) is 5.82 Å². The Bertz CT molecular complexity index is 653. The largest absolute Gasteiger partial charge is 0.383 e. The van der Waals surface area contributed by atoms with Crippen LogP contribution >= 0.6 is 0 Å². The van der Waals surface area contributed by atoms with Gasteiger partial charge in [0.15, 0.2) is 0 Å². The Hall–Kier alpha value is -2.10. The molecular formula is C19H28N4. The number of anilines is 1. The van der Waals surface area contributed by atoms with Gasteiger partial charge >= 0.3 is 0 Å². The molecule has 124 valence electrons. The van der Waals surface area contributed by atoms with Crippen LogP contribution < -0.4 is 5.73 Å². The molecule has 2 aromatic rings. The number of imidazole rings is 1. The summed E-state index contributed by atoms with van der Waals surface area (Å²) in [5.41, 5.74) is 9.36. The van der Waals surface area contributed by atoms with Crippen molar-refractivity contribution in [3.8, 4) is 0 Å². The topological polar surface area (TPSA) is 56.2 Å². The number of nitrogen functional groups attached to an aromatic ring is 1. The average molecular weight is 312 g/mol. The summed E-state index contributed by atoms with van der Waals surface area (Å²) < 4.78 is 2.00. The van der Waals surface area contributed by atoms with Crippen molar-refractivity contribution >= 4 is 11.5 Å². The first-order valence-electron chi connectivity index (χ1n) is 8.32. The summed E-state index contributed by atoms with van der Waals surface area (Å²) in [6.45, 7) is 11.5. The number of hydrogen-bond acceptors (Lipinski definition) is 3. The van der Waals surface area contributed by atoms with E-state index in [1.165, 1.54) is 5.56 Å². The highest BCUT2D eigenvalue weighted by molar-refractivity contribution is 6.04. The van der Waals surface area contributed by atoms with Crippen LogP contribution in [0.1, 0.15) is 51.9 Å². The Morgan fingerprint density at radius 1 is 1.13 bits per heavy atom. The van der Waals surface area contributed by atoms with Crippen molar-refractivity contribution in [3.05, 3.63) is 47.9 Å². The SMILES string of the molecule is CC(C)C(C)C(=NCc1ccccc1)c1ncn(C(C)C)c1N. The Labute approximate surface area is 139 Å². The zero-order valence-corrected chi connectivity index (χ0v) is 14.8. The fraction of sp³-hybridized carbons (Fsp3) is 0.474. The van der Waals surface area contributed by atoms with E-state index in [1.54, 1.807) is 0 Å². The number of hydrogen-bond donors (Lipinski definition) is 1. The van der Waals surface area contributed by atoms with Crippen LogP contribution in [-0.2, 0) is 6.54 Å². The second-order valence-electron chi connectivity index (χ2n) is 6.70. The molecule has 0 amide bonds. The number of benzene rings is 1. The number of nitrogens with two attached hydrogens (primary N) is 1. The molecule has 1 unspecified atom stereocenters. The number of nitrogens with zero attached hydrogens (tertiary/aromatic N) is 3. The fourth-order valence-electron chi connectivity index (χ4n) is 2.49. The van der Waals surface area contributed by atoms with Gasteiger partial charge in [-0.1, -0.05) is 51.1 Å². The molecule has 1 aromatic heterocycles. The number of aromatic nitrogens is 2. The van der Waals surface area contributed by atoms with Gasteiger partial charge in [0.25, 0.3) is 0 Å². The maximum Gasteiger partial charge on any atom is 0.133 e. The fourth-order valence-corrected chi connectivity index (χ4v) is 2.49. The highest BCUT2D eigenvalue weighted by Gasteiger charge is 2.22. The van der Waals surface area contributed by atoms with Gasteiger partial charge in [0, 0.05) is 12.0 Å². The van der Waals surface area contributed by atoms with E-state index in [4.69, 9.17) is 10.7 Å². The van der Waals surface area contributed by atoms with Crippen LogP contribution in [0.2, 0.25) is 0 Å². The molecule has 23 heavy (non-hydrogen) atoms. The van der Waals surface area contributed by atoms with E-state index >= 15 is 0 Å². The van der Waals surface area contributed by atoms with Crippen LogP contribution in [-0.4, -0.2) is 15.3 Å². The smallest absolute Gasteiger partial charge is 0.133 e. The Kier molecular flexibility index (Phi) is 5.59. The van der Waals surface area contributed by atoms with E-state index in [0.717, 1.165) is 11.4 Å². The molecule has 0 saturated heterocycles. The highest BCUT2D eigenvalue weighted by atomic mass is 15.1. The first kappa shape index (κ1) is 17.3. The minimum atomic E-state index is 0.293. The lowest BCUT2D eigenvalue weighted by atomic mass is 9.91. The van der Waals surface area contributed by atoms with Gasteiger partial charge in [0.2, 0.25) is 0 Å². The highest BCUT2D eigenvalue weighted by Crippen LogP contribution is 2.23. The summed E-state index contributed by atoms with van der Waals surface area (Å²) in [5.74, 6) is 1.49. The maximum atomic E-state index is 6.33. The van der Waals surface area contributed by atoms with Gasteiger partial charge in [-0.25, -0.2) is 4.98 Å². The van der Waals surface area contributed by atoms with Gasteiger partial charge in [0.05, 0.1) is 18.6 Å². The lowest BCUT2D eigenvalue weighted by Gasteiger charge is -2.18. The van der Waals surface area contributed by atoms with E-state index in [0.29, 0.717) is 30.2 Å². The molecule has 0 bridgehead atoms. The van der Waals surface area contributed by atoms with Crippen LogP contribution in [0, 0.1) is 11.8 Å². The third-order valence-corrected chi connectivity index (χ3v) is 4.34. The summed E-state index contributed by atoms with van der Waals surface area (Å²) >= 11 is 0. The summed E-state index contributed by atoms with van der Waals surface area (Å²) in [6.07, 6.45) is 1.82. The van der Waals surface area contributed by atoms with Crippen molar-refractivity contribution in [2.24, 2.45) is 16.8 Å². The molecule has 0 radical (unpaired) electrons. The van der Waals surface area contributed by atoms with E-state index in [1.807, 2.05) is 29.1 Å². The molecule has 1 heterocycles. The normalized spacial score (nSPS) is 13.8. The molecule has 2 N–H and O–H groups in total. The molecule has 0 spiro atoms. The van der Waals surface area contributed by atoms with Crippen molar-refractivity contribution in [3.63, 3.8) is 0 Å². The maximum absolute atomic E-state index is 6.33. The Morgan fingerprint density at radius 3 is 2.30 bits per heavy atom. The predicted octanol–water partition coefficient (Wildman–Crippen LogP) is 4.33. The summed E-state index contributed by atoms with van der Waals surface area (Å²) in [7, 11) is 0. The van der Waals surface area contributed by atoms with Crippen LogP contribution in [0.3, 0.4) is 0 Å². The van der Waals surface area contributed by atoms with Gasteiger partial charge in [-0.3, -0.25) is 4.99 Å². The molecule has 0 aliphatic heterocycles. The summed E-state index contributed by atoms with van der Waals surface area (Å²) in [6, 6.07) is 10.6. The molecule has 0 saturated carbocycles. The summed E-state index contributed by atoms with van der Waals surface area (Å²) in [5, 5.41) is 0. The minimum Gasteiger partial charge on any atom is -0.383 e. The van der Waals surface area contributed by atoms with Gasteiger partial charge in [-0.15, -0.1) is 0 Å². The summed E-state index contributed by atoms with van der Waals surface area (Å²) in [4.78, 5) is 9.44. The average Bonchev–Trinajstić information content (AvgIpc) is 2.90. The molecule has 1 atom stereocenters. The van der Waals surface area contributed by atoms with Crippen LogP contribution in [0.5, 0.6) is 0 Å². The van der Waals surface area contributed by atoms with Gasteiger partial charge in [0.1, 0.15) is 11.5 Å². The first-order chi connectivity index (χ1) is 10.9. The molecule has 0 aliphatic rings. The molecule has 1 aromatic carbocycles. The monoisotopic (exact) mass is 312 g/mol.